The number of anilines is 1. The summed E-state index contributed by atoms with van der Waals surface area (Å²) >= 11 is 5.88. The number of aromatic nitrogens is 3. The molecule has 1 fully saturated rings. The van der Waals surface area contributed by atoms with E-state index in [2.05, 4.69) is 20.3 Å². The highest BCUT2D eigenvalue weighted by atomic mass is 35.5. The van der Waals surface area contributed by atoms with Crippen molar-refractivity contribution in [1.29, 1.82) is 0 Å². The van der Waals surface area contributed by atoms with E-state index in [0.29, 0.717) is 6.54 Å². The summed E-state index contributed by atoms with van der Waals surface area (Å²) in [5, 5.41) is 41.6. The van der Waals surface area contributed by atoms with Gasteiger partial charge in [0.2, 0.25) is 17.5 Å². The smallest absolute Gasteiger partial charge is 0.325 e. The van der Waals surface area contributed by atoms with E-state index in [1.807, 2.05) is 30.3 Å². The molecule has 0 bridgehead atoms. The molecule has 0 amide bonds. The lowest BCUT2D eigenvalue weighted by Crippen LogP contribution is -2.60. The first-order chi connectivity index (χ1) is 13.0. The van der Waals surface area contributed by atoms with Gasteiger partial charge in [0.15, 0.2) is 0 Å². The van der Waals surface area contributed by atoms with Crippen molar-refractivity contribution in [2.24, 2.45) is 0 Å². The molecular weight excluding hydrogens is 380 g/mol. The van der Waals surface area contributed by atoms with Gasteiger partial charge in [-0.2, -0.15) is 15.0 Å². The van der Waals surface area contributed by atoms with E-state index in [1.165, 1.54) is 0 Å². The van der Waals surface area contributed by atoms with Crippen molar-refractivity contribution in [2.75, 3.05) is 11.9 Å². The number of benzene rings is 1. The van der Waals surface area contributed by atoms with Crippen molar-refractivity contribution in [1.82, 2.24) is 15.0 Å². The molecule has 2 heterocycles. The number of aliphatic hydroxyl groups is 4. The summed E-state index contributed by atoms with van der Waals surface area (Å²) < 4.78 is 10.6. The Balaban J connectivity index is 1.70. The van der Waals surface area contributed by atoms with Crippen LogP contribution in [0.3, 0.4) is 0 Å². The molecule has 1 aliphatic heterocycles. The topological polar surface area (TPSA) is 150 Å². The highest BCUT2D eigenvalue weighted by molar-refractivity contribution is 6.28. The second kappa shape index (κ2) is 8.74. The minimum atomic E-state index is -1.58. The molecule has 0 radical (unpaired) electrons. The zero-order chi connectivity index (χ0) is 19.4. The first-order valence-corrected chi connectivity index (χ1v) is 8.52. The van der Waals surface area contributed by atoms with Gasteiger partial charge in [0, 0.05) is 6.54 Å². The molecule has 1 aromatic heterocycles. The van der Waals surface area contributed by atoms with Crippen molar-refractivity contribution in [3.05, 3.63) is 41.2 Å². The summed E-state index contributed by atoms with van der Waals surface area (Å²) in [6.45, 7) is -0.146. The molecule has 0 spiro atoms. The lowest BCUT2D eigenvalue weighted by atomic mass is 9.99. The number of nitrogens with one attached hydrogen (secondary N) is 1. The van der Waals surface area contributed by atoms with E-state index in [0.717, 1.165) is 5.56 Å². The Bertz CT molecular complexity index is 753. The molecule has 5 N–H and O–H groups in total. The van der Waals surface area contributed by atoms with Crippen LogP contribution in [0.2, 0.25) is 5.28 Å². The highest BCUT2D eigenvalue weighted by Gasteiger charge is 2.45. The van der Waals surface area contributed by atoms with Gasteiger partial charge in [0.1, 0.15) is 24.4 Å². The van der Waals surface area contributed by atoms with E-state index in [1.54, 1.807) is 0 Å². The zero-order valence-electron chi connectivity index (χ0n) is 14.0. The zero-order valence-corrected chi connectivity index (χ0v) is 14.8. The van der Waals surface area contributed by atoms with Crippen LogP contribution in [-0.4, -0.2) is 72.7 Å². The Morgan fingerprint density at radius 3 is 2.48 bits per heavy atom. The van der Waals surface area contributed by atoms with Gasteiger partial charge in [-0.3, -0.25) is 0 Å². The summed E-state index contributed by atoms with van der Waals surface area (Å²) in [5.41, 5.74) is 0.991. The molecule has 1 aromatic carbocycles. The molecular formula is C16H19ClN4O6. The first kappa shape index (κ1) is 19.7. The van der Waals surface area contributed by atoms with Gasteiger partial charge in [-0.1, -0.05) is 30.3 Å². The highest BCUT2D eigenvalue weighted by Crippen LogP contribution is 2.23. The number of hydrogen-bond acceptors (Lipinski definition) is 10. The average Bonchev–Trinajstić information content (AvgIpc) is 2.67. The maximum atomic E-state index is 10.0. The predicted molar refractivity (Wildman–Crippen MR) is 93.0 cm³/mol. The van der Waals surface area contributed by atoms with Crippen molar-refractivity contribution in [3.63, 3.8) is 0 Å². The average molecular weight is 399 g/mol. The molecule has 146 valence electrons. The van der Waals surface area contributed by atoms with Crippen molar-refractivity contribution < 1.29 is 29.9 Å². The fraction of sp³-hybridized carbons (Fsp3) is 0.438. The summed E-state index contributed by atoms with van der Waals surface area (Å²) in [5.74, 6) is 0.137. The van der Waals surface area contributed by atoms with Crippen LogP contribution >= 0.6 is 11.6 Å². The second-order valence-corrected chi connectivity index (χ2v) is 6.20. The predicted octanol–water partition coefficient (Wildman–Crippen LogP) is -0.684. The van der Waals surface area contributed by atoms with Gasteiger partial charge in [0.05, 0.1) is 6.61 Å². The molecule has 0 saturated carbocycles. The van der Waals surface area contributed by atoms with Crippen LogP contribution in [-0.2, 0) is 11.3 Å². The van der Waals surface area contributed by atoms with Crippen molar-refractivity contribution in [3.8, 4) is 6.01 Å². The number of rotatable bonds is 6. The number of aliphatic hydroxyl groups excluding tert-OH is 4. The SMILES string of the molecule is OC[C@H]1O[C@@H](Oc2nc(Cl)nc(NCc3ccccc3)n2)[C@H](O)[C@@H](O)[C@@H]1O. The van der Waals surface area contributed by atoms with E-state index in [9.17, 15) is 20.4 Å². The van der Waals surface area contributed by atoms with Crippen LogP contribution in [0, 0.1) is 0 Å². The van der Waals surface area contributed by atoms with Crippen LogP contribution < -0.4 is 10.1 Å². The Labute approximate surface area is 159 Å². The molecule has 10 nitrogen and oxygen atoms in total. The minimum absolute atomic E-state index is 0.137. The Hall–Kier alpha value is -2.08. The fourth-order valence-corrected chi connectivity index (χ4v) is 2.66. The maximum Gasteiger partial charge on any atom is 0.325 e. The summed E-state index contributed by atoms with van der Waals surface area (Å²) in [4.78, 5) is 11.8. The van der Waals surface area contributed by atoms with Gasteiger partial charge in [-0.15, -0.1) is 0 Å². The second-order valence-electron chi connectivity index (χ2n) is 5.86. The Kier molecular flexibility index (Phi) is 6.37. The molecule has 3 rings (SSSR count). The normalized spacial score (nSPS) is 28.0. The minimum Gasteiger partial charge on any atom is -0.430 e. The molecule has 2 aromatic rings. The molecule has 1 aliphatic rings. The number of ether oxygens (including phenoxy) is 2. The third kappa shape index (κ3) is 4.80. The monoisotopic (exact) mass is 398 g/mol. The van der Waals surface area contributed by atoms with Crippen LogP contribution in [0.15, 0.2) is 30.3 Å². The fourth-order valence-electron chi connectivity index (χ4n) is 2.51. The quantitative estimate of drug-likeness (QED) is 0.423. The van der Waals surface area contributed by atoms with Gasteiger partial charge in [0.25, 0.3) is 0 Å². The van der Waals surface area contributed by atoms with Crippen molar-refractivity contribution in [2.45, 2.75) is 37.3 Å². The first-order valence-electron chi connectivity index (χ1n) is 8.14. The van der Waals surface area contributed by atoms with Crippen LogP contribution in [0.5, 0.6) is 6.01 Å². The van der Waals surface area contributed by atoms with Crippen LogP contribution in [0.1, 0.15) is 5.56 Å². The molecule has 27 heavy (non-hydrogen) atoms. The van der Waals surface area contributed by atoms with Crippen LogP contribution in [0.25, 0.3) is 0 Å². The molecule has 0 unspecified atom stereocenters. The van der Waals surface area contributed by atoms with Crippen molar-refractivity contribution >= 4 is 17.5 Å². The van der Waals surface area contributed by atoms with Crippen LogP contribution in [0.4, 0.5) is 5.95 Å². The van der Waals surface area contributed by atoms with Gasteiger partial charge < -0.3 is 35.2 Å². The van der Waals surface area contributed by atoms with E-state index in [-0.39, 0.29) is 17.2 Å². The lowest BCUT2D eigenvalue weighted by Gasteiger charge is -2.39. The van der Waals surface area contributed by atoms with Gasteiger partial charge in [-0.25, -0.2) is 0 Å². The summed E-state index contributed by atoms with van der Waals surface area (Å²) in [7, 11) is 0. The van der Waals surface area contributed by atoms with E-state index in [4.69, 9.17) is 21.1 Å². The standard InChI is InChI=1S/C16H19ClN4O6/c17-14-19-15(18-6-8-4-2-1-3-5-8)21-16(20-14)27-13-12(25)11(24)10(23)9(7-22)26-13/h1-5,9-13,22-25H,6-7H2,(H,18,19,20,21)/t9-,10-,11+,12-,13+/m1/s1. The van der Waals surface area contributed by atoms with E-state index < -0.39 is 37.3 Å². The third-order valence-electron chi connectivity index (χ3n) is 3.95. The Morgan fingerprint density at radius 2 is 1.78 bits per heavy atom. The number of hydrogen-bond donors (Lipinski definition) is 5. The summed E-state index contributed by atoms with van der Waals surface area (Å²) in [6, 6.07) is 9.27. The Morgan fingerprint density at radius 1 is 1.04 bits per heavy atom. The summed E-state index contributed by atoms with van der Waals surface area (Å²) in [6.07, 6.45) is -7.18. The largest absolute Gasteiger partial charge is 0.430 e. The maximum absolute atomic E-state index is 10.0. The lowest BCUT2D eigenvalue weighted by molar-refractivity contribution is -0.278. The number of nitrogens with zero attached hydrogens (tertiary/aromatic N) is 3. The molecule has 1 saturated heterocycles. The molecule has 0 aliphatic carbocycles. The van der Waals surface area contributed by atoms with Gasteiger partial charge >= 0.3 is 6.01 Å². The number of halogens is 1. The van der Waals surface area contributed by atoms with Gasteiger partial charge in [-0.05, 0) is 17.2 Å². The molecule has 5 atom stereocenters. The molecule has 11 heteroatoms. The third-order valence-corrected chi connectivity index (χ3v) is 4.12. The van der Waals surface area contributed by atoms with E-state index >= 15 is 0 Å².